The summed E-state index contributed by atoms with van der Waals surface area (Å²) in [5.74, 6) is -0.529. The summed E-state index contributed by atoms with van der Waals surface area (Å²) in [6.45, 7) is 6.87. The fourth-order valence-electron chi connectivity index (χ4n) is 9.99. The molecule has 0 saturated carbocycles. The summed E-state index contributed by atoms with van der Waals surface area (Å²) in [6.07, 6.45) is 96.0. The second kappa shape index (κ2) is 67.1. The van der Waals surface area contributed by atoms with Crippen LogP contribution in [0.5, 0.6) is 0 Å². The number of rotatable bonds is 65. The molecule has 0 aliphatic heterocycles. The Bertz CT molecular complexity index is 1990. The largest absolute Gasteiger partial charge is 0.472 e. The molecule has 0 aliphatic carbocycles. The smallest absolute Gasteiger partial charge is 0.456 e. The van der Waals surface area contributed by atoms with Crippen molar-refractivity contribution in [3.05, 3.63) is 134 Å². The highest BCUT2D eigenvalue weighted by atomic mass is 31.2. The maximum atomic E-state index is 13.6. The number of nitrogens with zero attached hydrogens (tertiary/aromatic N) is 1. The number of carbonyl (C=O) groups excluding carboxylic acids is 2. The van der Waals surface area contributed by atoms with Crippen LogP contribution < -0.4 is 5.32 Å². The molecule has 10 heteroatoms. The van der Waals surface area contributed by atoms with Gasteiger partial charge in [-0.2, -0.15) is 0 Å². The Morgan fingerprint density at radius 3 is 1.10 bits per heavy atom. The first-order chi connectivity index (χ1) is 43.4. The van der Waals surface area contributed by atoms with Crippen molar-refractivity contribution in [1.82, 2.24) is 5.32 Å². The SMILES string of the molecule is CC/C=C\C/C=C\C/C=C\C/C=C\C/C=C\C/C=C\CCCCCCCCCCC(=O)OC(/C=C/CCCCCCCCCCCCC)C(COP(=O)(O)OCC[N+](C)(C)C)NC(=O)CCCCCCCCC/C=C\C/C=C\C/C=C\C/C=C\CCCCC. The van der Waals surface area contributed by atoms with Crippen LogP contribution in [0.25, 0.3) is 0 Å². The molecule has 0 bridgehead atoms. The molecule has 0 rings (SSSR count). The van der Waals surface area contributed by atoms with E-state index < -0.39 is 20.0 Å². The lowest BCUT2D eigenvalue weighted by molar-refractivity contribution is -0.870. The summed E-state index contributed by atoms with van der Waals surface area (Å²) in [4.78, 5) is 38.0. The number of unbranched alkanes of at least 4 members (excludes halogenated alkanes) is 29. The lowest BCUT2D eigenvalue weighted by Crippen LogP contribution is -2.47. The van der Waals surface area contributed by atoms with E-state index in [4.69, 9.17) is 13.8 Å². The topological polar surface area (TPSA) is 111 Å². The average molecular weight is 1260 g/mol. The van der Waals surface area contributed by atoms with E-state index in [9.17, 15) is 19.0 Å². The molecule has 89 heavy (non-hydrogen) atoms. The van der Waals surface area contributed by atoms with Crippen molar-refractivity contribution in [3.63, 3.8) is 0 Å². The van der Waals surface area contributed by atoms with Crippen LogP contribution in [-0.4, -0.2) is 74.3 Å². The zero-order valence-corrected chi connectivity index (χ0v) is 59.3. The molecule has 3 unspecified atom stereocenters. The lowest BCUT2D eigenvalue weighted by atomic mass is 10.0. The number of amides is 1. The number of carbonyl (C=O) groups is 2. The molecule has 0 spiro atoms. The quantitative estimate of drug-likeness (QED) is 0.0205. The number of likely N-dealkylation sites (N-methyl/N-ethyl adjacent to an activating group) is 1. The number of ether oxygens (including phenoxy) is 1. The molecule has 0 aromatic carbocycles. The number of nitrogens with one attached hydrogen (secondary N) is 1. The van der Waals surface area contributed by atoms with Gasteiger partial charge in [-0.05, 0) is 128 Å². The second-order valence-corrected chi connectivity index (χ2v) is 26.8. The predicted molar refractivity (Wildman–Crippen MR) is 387 cm³/mol. The summed E-state index contributed by atoms with van der Waals surface area (Å²) in [7, 11) is 1.47. The molecule has 0 aromatic rings. The van der Waals surface area contributed by atoms with E-state index in [1.165, 1.54) is 128 Å². The van der Waals surface area contributed by atoms with Gasteiger partial charge < -0.3 is 19.4 Å². The summed E-state index contributed by atoms with van der Waals surface area (Å²) in [6, 6.07) is -0.869. The summed E-state index contributed by atoms with van der Waals surface area (Å²) < 4.78 is 30.9. The van der Waals surface area contributed by atoms with Gasteiger partial charge in [-0.1, -0.05) is 296 Å². The van der Waals surface area contributed by atoms with Crippen LogP contribution in [0.1, 0.15) is 303 Å². The Labute approximate surface area is 549 Å². The van der Waals surface area contributed by atoms with Crippen molar-refractivity contribution in [2.75, 3.05) is 40.9 Å². The van der Waals surface area contributed by atoms with Crippen LogP contribution >= 0.6 is 7.82 Å². The Kier molecular flexibility index (Phi) is 64.2. The highest BCUT2D eigenvalue weighted by molar-refractivity contribution is 7.47. The Morgan fingerprint density at radius 2 is 0.719 bits per heavy atom. The van der Waals surface area contributed by atoms with Crippen molar-refractivity contribution in [1.29, 1.82) is 0 Å². The maximum absolute atomic E-state index is 13.6. The molecule has 0 fully saturated rings. The van der Waals surface area contributed by atoms with E-state index in [0.717, 1.165) is 141 Å². The molecule has 2 N–H and O–H groups in total. The standard InChI is InChI=1S/C79H137N2O7P/c1-7-10-13-16-19-22-25-28-30-32-34-36-38-39-40-41-43-45-47-49-51-54-57-60-63-66-69-72-79(83)88-77(70-67-64-61-58-55-52-27-24-21-18-15-12-9-3)76(75-87-89(84,85)86-74-73-81(4,5)6)80-78(82)71-68-65-62-59-56-53-50-48-46-44-42-37-35-33-31-29-26-23-20-17-14-11-8-2/h10,13,19-20,22-23,28-31,34-37,39-40,43-46,67,70,76-77H,7-9,11-12,14-18,21,24-27,32-33,38,41-42,47-66,68-69,71-75H2,1-6H3,(H-,80,82,84,85)/p+1/b13-10-,22-19-,23-20-,30-28-,31-29-,36-34-,37-35-,40-39-,45-43-,46-44-,70-67+. The zero-order valence-electron chi connectivity index (χ0n) is 58.4. The van der Waals surface area contributed by atoms with Gasteiger partial charge in [-0.25, -0.2) is 4.57 Å². The molecule has 510 valence electrons. The summed E-state index contributed by atoms with van der Waals surface area (Å²) in [5, 5.41) is 3.06. The number of phosphoric acid groups is 1. The third-order valence-corrected chi connectivity index (χ3v) is 16.6. The minimum Gasteiger partial charge on any atom is -0.456 e. The minimum absolute atomic E-state index is 0.0298. The number of esters is 1. The van der Waals surface area contributed by atoms with Crippen molar-refractivity contribution in [2.24, 2.45) is 0 Å². The Morgan fingerprint density at radius 1 is 0.404 bits per heavy atom. The second-order valence-electron chi connectivity index (χ2n) is 25.4. The number of quaternary nitrogens is 1. The van der Waals surface area contributed by atoms with Gasteiger partial charge in [0.25, 0.3) is 0 Å². The lowest BCUT2D eigenvalue weighted by Gasteiger charge is -2.27. The summed E-state index contributed by atoms with van der Waals surface area (Å²) >= 11 is 0. The molecular weight excluding hydrogens is 1120 g/mol. The number of phosphoric ester groups is 1. The molecule has 9 nitrogen and oxygen atoms in total. The minimum atomic E-state index is -4.47. The molecular formula is C79H138N2O7P+. The van der Waals surface area contributed by atoms with Crippen LogP contribution in [-0.2, 0) is 27.9 Å². The van der Waals surface area contributed by atoms with E-state index in [-0.39, 0.29) is 31.5 Å². The monoisotopic (exact) mass is 1260 g/mol. The average Bonchev–Trinajstić information content (AvgIpc) is 3.63. The van der Waals surface area contributed by atoms with Crippen LogP contribution in [0.4, 0.5) is 0 Å². The molecule has 0 aliphatic rings. The van der Waals surface area contributed by atoms with Crippen molar-refractivity contribution >= 4 is 19.7 Å². The number of hydrogen-bond acceptors (Lipinski definition) is 6. The van der Waals surface area contributed by atoms with Crippen LogP contribution in [0, 0.1) is 0 Å². The fraction of sp³-hybridized carbons (Fsp3) is 0.696. The van der Waals surface area contributed by atoms with Gasteiger partial charge in [0.1, 0.15) is 19.3 Å². The van der Waals surface area contributed by atoms with Crippen LogP contribution in [0.3, 0.4) is 0 Å². The van der Waals surface area contributed by atoms with Crippen molar-refractivity contribution in [3.8, 4) is 0 Å². The number of allylic oxidation sites excluding steroid dienone is 21. The van der Waals surface area contributed by atoms with Gasteiger partial charge in [0.2, 0.25) is 5.91 Å². The normalized spacial score (nSPS) is 14.3. The maximum Gasteiger partial charge on any atom is 0.472 e. The van der Waals surface area contributed by atoms with Gasteiger partial charge >= 0.3 is 13.8 Å². The molecule has 1 amide bonds. The molecule has 0 saturated heterocycles. The van der Waals surface area contributed by atoms with Crippen molar-refractivity contribution in [2.45, 2.75) is 315 Å². The van der Waals surface area contributed by atoms with Gasteiger partial charge in [-0.3, -0.25) is 18.6 Å². The van der Waals surface area contributed by atoms with E-state index in [1.807, 2.05) is 33.3 Å². The fourth-order valence-corrected chi connectivity index (χ4v) is 10.7. The molecule has 0 aromatic heterocycles. The van der Waals surface area contributed by atoms with Gasteiger partial charge in [0.05, 0.1) is 33.8 Å². The molecule has 3 atom stereocenters. The molecule has 0 radical (unpaired) electrons. The van der Waals surface area contributed by atoms with E-state index >= 15 is 0 Å². The van der Waals surface area contributed by atoms with Gasteiger partial charge in [-0.15, -0.1) is 0 Å². The molecule has 0 heterocycles. The predicted octanol–water partition coefficient (Wildman–Crippen LogP) is 23.6. The highest BCUT2D eigenvalue weighted by Crippen LogP contribution is 2.43. The summed E-state index contributed by atoms with van der Waals surface area (Å²) in [5.41, 5.74) is 0. The van der Waals surface area contributed by atoms with E-state index in [2.05, 4.69) is 148 Å². The van der Waals surface area contributed by atoms with Crippen LogP contribution in [0.2, 0.25) is 0 Å². The van der Waals surface area contributed by atoms with Crippen molar-refractivity contribution < 1.29 is 37.3 Å². The zero-order chi connectivity index (χ0) is 64.9. The van der Waals surface area contributed by atoms with Crippen LogP contribution in [0.15, 0.2) is 134 Å². The first kappa shape index (κ1) is 85.2. The Balaban J connectivity index is 5.15. The first-order valence-corrected chi connectivity index (χ1v) is 38.0. The third kappa shape index (κ3) is 68.4. The number of hydrogen-bond donors (Lipinski definition) is 2. The first-order valence-electron chi connectivity index (χ1n) is 36.5. The van der Waals surface area contributed by atoms with E-state index in [1.54, 1.807) is 0 Å². The third-order valence-electron chi connectivity index (χ3n) is 15.6. The van der Waals surface area contributed by atoms with E-state index in [0.29, 0.717) is 17.4 Å². The highest BCUT2D eigenvalue weighted by Gasteiger charge is 2.30. The van der Waals surface area contributed by atoms with Gasteiger partial charge in [0.15, 0.2) is 0 Å². The van der Waals surface area contributed by atoms with Gasteiger partial charge in [0, 0.05) is 12.8 Å². The Hall–Kier alpha value is -3.85.